The summed E-state index contributed by atoms with van der Waals surface area (Å²) in [5.74, 6) is 0.857. The van der Waals surface area contributed by atoms with E-state index in [1.165, 1.54) is 0 Å². The van der Waals surface area contributed by atoms with E-state index in [0.29, 0.717) is 35.0 Å². The first-order valence-corrected chi connectivity index (χ1v) is 13.6. The summed E-state index contributed by atoms with van der Waals surface area (Å²) >= 11 is 6.85. The Bertz CT molecular complexity index is 1560. The molecule has 0 amide bonds. The minimum Gasteiger partial charge on any atom is -0.508 e. The molecule has 9 heteroatoms. The smallest absolute Gasteiger partial charge is 0.228 e. The van der Waals surface area contributed by atoms with Gasteiger partial charge in [-0.1, -0.05) is 35.9 Å². The zero-order chi connectivity index (χ0) is 26.1. The number of nitrogens with zero attached hydrogens (tertiary/aromatic N) is 5. The molecule has 2 bridgehead atoms. The van der Waals surface area contributed by atoms with Gasteiger partial charge in [-0.05, 0) is 61.5 Å². The van der Waals surface area contributed by atoms with Crippen molar-refractivity contribution in [1.82, 2.24) is 20.2 Å². The Hall–Kier alpha value is -3.20. The SMILES string of the molecule is CN(C)C1CN(c2nc(N3C[C@H]4CC[C@@H](C3)N4)c3cc(Cl)c(-c4cc(O)cc5ccccc45)c(F)c3n2)C1. The summed E-state index contributed by atoms with van der Waals surface area (Å²) in [4.78, 5) is 16.4. The predicted molar refractivity (Wildman–Crippen MR) is 151 cm³/mol. The highest BCUT2D eigenvalue weighted by Crippen LogP contribution is 2.43. The van der Waals surface area contributed by atoms with E-state index in [1.54, 1.807) is 18.2 Å². The lowest BCUT2D eigenvalue weighted by atomic mass is 9.96. The molecule has 0 spiro atoms. The second-order valence-electron chi connectivity index (χ2n) is 11.1. The molecule has 3 aliphatic heterocycles. The fraction of sp³-hybridized carbons (Fsp3) is 0.379. The van der Waals surface area contributed by atoms with Crippen LogP contribution in [-0.2, 0) is 0 Å². The molecule has 196 valence electrons. The number of piperazine rings is 1. The topological polar surface area (TPSA) is 67.8 Å². The van der Waals surface area contributed by atoms with Crippen LogP contribution in [0.1, 0.15) is 12.8 Å². The zero-order valence-electron chi connectivity index (χ0n) is 21.5. The van der Waals surface area contributed by atoms with Gasteiger partial charge in [0.1, 0.15) is 17.1 Å². The number of rotatable bonds is 4. The molecule has 4 aromatic rings. The molecule has 3 aliphatic rings. The van der Waals surface area contributed by atoms with Crippen LogP contribution in [0.3, 0.4) is 0 Å². The molecule has 3 aromatic carbocycles. The van der Waals surface area contributed by atoms with Crippen molar-refractivity contribution in [2.24, 2.45) is 0 Å². The van der Waals surface area contributed by atoms with E-state index in [9.17, 15) is 5.11 Å². The number of aromatic nitrogens is 2. The van der Waals surface area contributed by atoms with Gasteiger partial charge in [0.15, 0.2) is 5.82 Å². The molecule has 0 radical (unpaired) electrons. The number of anilines is 2. The molecule has 3 saturated heterocycles. The Morgan fingerprint density at radius 2 is 1.71 bits per heavy atom. The highest BCUT2D eigenvalue weighted by molar-refractivity contribution is 6.35. The van der Waals surface area contributed by atoms with Gasteiger partial charge in [0.25, 0.3) is 0 Å². The molecule has 2 N–H and O–H groups in total. The van der Waals surface area contributed by atoms with Gasteiger partial charge in [-0.15, -0.1) is 0 Å². The largest absolute Gasteiger partial charge is 0.508 e. The number of halogens is 2. The van der Waals surface area contributed by atoms with Crippen LogP contribution >= 0.6 is 11.6 Å². The minimum absolute atomic E-state index is 0.0601. The van der Waals surface area contributed by atoms with Crippen molar-refractivity contribution in [3.8, 4) is 16.9 Å². The van der Waals surface area contributed by atoms with Crippen LogP contribution in [0.25, 0.3) is 32.8 Å². The first kappa shape index (κ1) is 23.9. The highest BCUT2D eigenvalue weighted by atomic mass is 35.5. The van der Waals surface area contributed by atoms with E-state index in [-0.39, 0.29) is 21.9 Å². The number of phenolic OH excluding ortho intramolecular Hbond substituents is 1. The van der Waals surface area contributed by atoms with Crippen molar-refractivity contribution < 1.29 is 9.50 Å². The van der Waals surface area contributed by atoms with Crippen molar-refractivity contribution in [3.63, 3.8) is 0 Å². The predicted octanol–water partition coefficient (Wildman–Crippen LogP) is 4.64. The Kier molecular flexibility index (Phi) is 5.61. The average Bonchev–Trinajstić information content (AvgIpc) is 3.20. The van der Waals surface area contributed by atoms with Crippen LogP contribution in [0.15, 0.2) is 42.5 Å². The normalized spacial score (nSPS) is 21.6. The van der Waals surface area contributed by atoms with Gasteiger partial charge in [-0.2, -0.15) is 4.98 Å². The second-order valence-corrected chi connectivity index (χ2v) is 11.5. The fourth-order valence-corrected chi connectivity index (χ4v) is 6.51. The lowest BCUT2D eigenvalue weighted by Gasteiger charge is -2.43. The van der Waals surface area contributed by atoms with Crippen molar-refractivity contribution in [2.75, 3.05) is 50.1 Å². The average molecular weight is 533 g/mol. The molecule has 1 aromatic heterocycles. The van der Waals surface area contributed by atoms with E-state index in [2.05, 4.69) is 34.1 Å². The van der Waals surface area contributed by atoms with Crippen molar-refractivity contribution >= 4 is 45.0 Å². The number of nitrogens with one attached hydrogen (secondary N) is 1. The molecule has 38 heavy (non-hydrogen) atoms. The van der Waals surface area contributed by atoms with Gasteiger partial charge in [0.2, 0.25) is 5.95 Å². The van der Waals surface area contributed by atoms with Crippen LogP contribution in [0.2, 0.25) is 5.02 Å². The third-order valence-corrected chi connectivity index (χ3v) is 8.66. The summed E-state index contributed by atoms with van der Waals surface area (Å²) in [6.07, 6.45) is 2.27. The van der Waals surface area contributed by atoms with E-state index in [4.69, 9.17) is 21.6 Å². The molecular weight excluding hydrogens is 503 g/mol. The third kappa shape index (κ3) is 3.85. The van der Waals surface area contributed by atoms with E-state index >= 15 is 4.39 Å². The van der Waals surface area contributed by atoms with Gasteiger partial charge in [-0.3, -0.25) is 0 Å². The summed E-state index contributed by atoms with van der Waals surface area (Å²) in [7, 11) is 4.14. The van der Waals surface area contributed by atoms with Crippen molar-refractivity contribution in [3.05, 3.63) is 53.3 Å². The maximum Gasteiger partial charge on any atom is 0.228 e. The molecule has 0 unspecified atom stereocenters. The number of hydrogen-bond acceptors (Lipinski definition) is 7. The number of aromatic hydroxyl groups is 1. The number of fused-ring (bicyclic) bond motifs is 4. The third-order valence-electron chi connectivity index (χ3n) is 8.36. The lowest BCUT2D eigenvalue weighted by Crippen LogP contribution is -2.58. The number of phenols is 1. The van der Waals surface area contributed by atoms with E-state index < -0.39 is 5.82 Å². The van der Waals surface area contributed by atoms with Crippen LogP contribution in [-0.4, -0.2) is 78.4 Å². The van der Waals surface area contributed by atoms with Gasteiger partial charge in [-0.25, -0.2) is 9.37 Å². The zero-order valence-corrected chi connectivity index (χ0v) is 22.2. The van der Waals surface area contributed by atoms with Crippen LogP contribution in [0.5, 0.6) is 5.75 Å². The number of benzene rings is 3. The quantitative estimate of drug-likeness (QED) is 0.397. The number of likely N-dealkylation sites (N-methyl/N-ethyl adjacent to an activating group) is 1. The second kappa shape index (κ2) is 8.93. The summed E-state index contributed by atoms with van der Waals surface area (Å²) in [5, 5.41) is 16.6. The monoisotopic (exact) mass is 532 g/mol. The maximum atomic E-state index is 16.6. The Morgan fingerprint density at radius 1 is 0.974 bits per heavy atom. The molecule has 0 saturated carbocycles. The summed E-state index contributed by atoms with van der Waals surface area (Å²) in [6, 6.07) is 13.9. The van der Waals surface area contributed by atoms with Crippen LogP contribution in [0.4, 0.5) is 16.2 Å². The Balaban J connectivity index is 1.43. The molecule has 4 heterocycles. The molecule has 7 rings (SSSR count). The first-order valence-electron chi connectivity index (χ1n) is 13.2. The Labute approximate surface area is 225 Å². The molecule has 7 nitrogen and oxygen atoms in total. The van der Waals surface area contributed by atoms with E-state index in [1.807, 2.05) is 24.3 Å². The molecule has 3 fully saturated rings. The molecule has 0 aliphatic carbocycles. The Morgan fingerprint density at radius 3 is 2.45 bits per heavy atom. The molecule has 2 atom stereocenters. The van der Waals surface area contributed by atoms with Gasteiger partial charge >= 0.3 is 0 Å². The summed E-state index contributed by atoms with van der Waals surface area (Å²) in [5.41, 5.74) is 1.05. The standard InChI is InChI=1S/C29H30ClFN6O/c1-35(2)19-14-37(15-19)29-33-27-23(28(34-29)36-12-17-7-8-18(13-36)32-17)11-24(30)25(26(27)31)22-10-20(38)9-16-5-3-4-6-21(16)22/h3-6,9-11,17-19,32,38H,7-8,12-15H2,1-2H3/t17-,18+. The van der Waals surface area contributed by atoms with Gasteiger partial charge < -0.3 is 25.1 Å². The first-order chi connectivity index (χ1) is 18.4. The number of hydrogen-bond donors (Lipinski definition) is 2. The van der Waals surface area contributed by atoms with Crippen LogP contribution in [0, 0.1) is 5.82 Å². The van der Waals surface area contributed by atoms with Crippen molar-refractivity contribution in [2.45, 2.75) is 31.0 Å². The van der Waals surface area contributed by atoms with E-state index in [0.717, 1.165) is 55.6 Å². The van der Waals surface area contributed by atoms with Gasteiger partial charge in [0.05, 0.1) is 5.02 Å². The fourth-order valence-electron chi connectivity index (χ4n) is 6.21. The minimum atomic E-state index is -0.490. The lowest BCUT2D eigenvalue weighted by molar-refractivity contribution is 0.245. The maximum absolute atomic E-state index is 16.6. The molecular formula is C29H30ClFN6O. The van der Waals surface area contributed by atoms with Gasteiger partial charge in [0, 0.05) is 55.3 Å². The summed E-state index contributed by atoms with van der Waals surface area (Å²) in [6.45, 7) is 3.23. The summed E-state index contributed by atoms with van der Waals surface area (Å²) < 4.78 is 16.6. The highest BCUT2D eigenvalue weighted by Gasteiger charge is 2.36. The van der Waals surface area contributed by atoms with Crippen molar-refractivity contribution in [1.29, 1.82) is 0 Å². The van der Waals surface area contributed by atoms with Crippen LogP contribution < -0.4 is 15.1 Å².